The summed E-state index contributed by atoms with van der Waals surface area (Å²) < 4.78 is 6.98. The molecule has 0 aliphatic rings. The lowest BCUT2D eigenvalue weighted by molar-refractivity contribution is 0.580. The van der Waals surface area contributed by atoms with E-state index in [0.717, 1.165) is 16.5 Å². The molecule has 4 rings (SSSR count). The smallest absolute Gasteiger partial charge is 0.172 e. The Labute approximate surface area is 120 Å². The summed E-state index contributed by atoms with van der Waals surface area (Å²) in [6.07, 6.45) is 1.59. The van der Waals surface area contributed by atoms with Gasteiger partial charge in [0.05, 0.1) is 12.0 Å². The second-order valence-electron chi connectivity index (χ2n) is 4.71. The third kappa shape index (κ3) is 1.79. The van der Waals surface area contributed by atoms with Crippen LogP contribution in [0.3, 0.4) is 0 Å². The molecule has 0 saturated heterocycles. The first-order valence-corrected chi connectivity index (χ1v) is 6.58. The molecule has 0 fully saturated rings. The van der Waals surface area contributed by atoms with E-state index in [1.807, 2.05) is 36.4 Å². The van der Waals surface area contributed by atoms with Gasteiger partial charge in [-0.25, -0.2) is 0 Å². The van der Waals surface area contributed by atoms with Gasteiger partial charge < -0.3 is 10.2 Å². The van der Waals surface area contributed by atoms with E-state index in [-0.39, 0.29) is 0 Å². The molecule has 2 aromatic carbocycles. The SMILES string of the molecule is Nc1c(-c2ccco2)nnn1-c1cccc2ccccc12. The van der Waals surface area contributed by atoms with Gasteiger partial charge in [0.2, 0.25) is 0 Å². The molecule has 0 saturated carbocycles. The van der Waals surface area contributed by atoms with Crippen LogP contribution in [0, 0.1) is 0 Å². The summed E-state index contributed by atoms with van der Waals surface area (Å²) in [5, 5.41) is 10.5. The number of furan rings is 1. The van der Waals surface area contributed by atoms with Crippen LogP contribution in [0.4, 0.5) is 5.82 Å². The van der Waals surface area contributed by atoms with Gasteiger partial charge in [0, 0.05) is 5.39 Å². The van der Waals surface area contributed by atoms with Crippen molar-refractivity contribution in [2.45, 2.75) is 0 Å². The van der Waals surface area contributed by atoms with Crippen LogP contribution < -0.4 is 5.73 Å². The number of hydrogen-bond donors (Lipinski definition) is 1. The molecule has 0 amide bonds. The van der Waals surface area contributed by atoms with Gasteiger partial charge in [-0.05, 0) is 23.6 Å². The van der Waals surface area contributed by atoms with Crippen molar-refractivity contribution >= 4 is 16.6 Å². The predicted molar refractivity (Wildman–Crippen MR) is 81.0 cm³/mol. The fourth-order valence-corrected chi connectivity index (χ4v) is 2.45. The Kier molecular flexibility index (Phi) is 2.50. The van der Waals surface area contributed by atoms with Crippen LogP contribution in [0.15, 0.2) is 65.3 Å². The number of anilines is 1. The van der Waals surface area contributed by atoms with E-state index in [9.17, 15) is 0 Å². The molecule has 2 aromatic heterocycles. The highest BCUT2D eigenvalue weighted by molar-refractivity contribution is 5.90. The third-order valence-electron chi connectivity index (χ3n) is 3.45. The lowest BCUT2D eigenvalue weighted by Crippen LogP contribution is -2.02. The van der Waals surface area contributed by atoms with Crippen LogP contribution in [-0.2, 0) is 0 Å². The van der Waals surface area contributed by atoms with E-state index >= 15 is 0 Å². The van der Waals surface area contributed by atoms with Crippen LogP contribution in [0.25, 0.3) is 27.9 Å². The van der Waals surface area contributed by atoms with E-state index < -0.39 is 0 Å². The number of nitrogens with two attached hydrogens (primary N) is 1. The molecule has 0 unspecified atom stereocenters. The van der Waals surface area contributed by atoms with Crippen molar-refractivity contribution in [3.63, 3.8) is 0 Å². The van der Waals surface area contributed by atoms with Crippen LogP contribution >= 0.6 is 0 Å². The minimum absolute atomic E-state index is 0.460. The average Bonchev–Trinajstić information content (AvgIpc) is 3.16. The summed E-state index contributed by atoms with van der Waals surface area (Å²) in [4.78, 5) is 0. The molecular weight excluding hydrogens is 264 g/mol. The molecular formula is C16H12N4O. The summed E-state index contributed by atoms with van der Waals surface area (Å²) in [6.45, 7) is 0. The molecule has 0 spiro atoms. The minimum atomic E-state index is 0.460. The zero-order valence-electron chi connectivity index (χ0n) is 11.1. The number of rotatable bonds is 2. The van der Waals surface area contributed by atoms with E-state index in [0.29, 0.717) is 17.3 Å². The van der Waals surface area contributed by atoms with Crippen molar-refractivity contribution in [2.24, 2.45) is 0 Å². The third-order valence-corrected chi connectivity index (χ3v) is 3.45. The molecule has 5 nitrogen and oxygen atoms in total. The maximum absolute atomic E-state index is 6.20. The molecule has 5 heteroatoms. The molecule has 0 bridgehead atoms. The van der Waals surface area contributed by atoms with Gasteiger partial charge in [-0.2, -0.15) is 4.68 Å². The quantitative estimate of drug-likeness (QED) is 0.610. The van der Waals surface area contributed by atoms with Gasteiger partial charge in [0.1, 0.15) is 0 Å². The molecule has 0 aliphatic heterocycles. The lowest BCUT2D eigenvalue weighted by Gasteiger charge is -2.07. The van der Waals surface area contributed by atoms with E-state index in [2.05, 4.69) is 22.4 Å². The number of benzene rings is 2. The lowest BCUT2D eigenvalue weighted by atomic mass is 10.1. The van der Waals surface area contributed by atoms with Gasteiger partial charge in [-0.15, -0.1) is 5.10 Å². The van der Waals surface area contributed by atoms with Crippen molar-refractivity contribution in [3.05, 3.63) is 60.9 Å². The first kappa shape index (κ1) is 11.7. The Bertz CT molecular complexity index is 904. The summed E-state index contributed by atoms with van der Waals surface area (Å²) >= 11 is 0. The van der Waals surface area contributed by atoms with E-state index in [1.54, 1.807) is 17.0 Å². The molecule has 0 aliphatic carbocycles. The van der Waals surface area contributed by atoms with Crippen LogP contribution in [0.1, 0.15) is 0 Å². The van der Waals surface area contributed by atoms with E-state index in [4.69, 9.17) is 10.2 Å². The zero-order chi connectivity index (χ0) is 14.2. The highest BCUT2D eigenvalue weighted by Gasteiger charge is 2.16. The Hall–Kier alpha value is -3.08. The topological polar surface area (TPSA) is 69.9 Å². The highest BCUT2D eigenvalue weighted by Crippen LogP contribution is 2.28. The van der Waals surface area contributed by atoms with Gasteiger partial charge in [0.15, 0.2) is 17.3 Å². The Morgan fingerprint density at radius 1 is 0.952 bits per heavy atom. The first-order valence-electron chi connectivity index (χ1n) is 6.58. The normalized spacial score (nSPS) is 11.0. The molecule has 2 heterocycles. The highest BCUT2D eigenvalue weighted by atomic mass is 16.3. The van der Waals surface area contributed by atoms with Crippen molar-refractivity contribution in [1.29, 1.82) is 0 Å². The largest absolute Gasteiger partial charge is 0.463 e. The zero-order valence-corrected chi connectivity index (χ0v) is 11.1. The number of hydrogen-bond acceptors (Lipinski definition) is 4. The Morgan fingerprint density at radius 2 is 1.81 bits per heavy atom. The van der Waals surface area contributed by atoms with Crippen molar-refractivity contribution in [2.75, 3.05) is 5.73 Å². The maximum Gasteiger partial charge on any atom is 0.172 e. The maximum atomic E-state index is 6.20. The van der Waals surface area contributed by atoms with Gasteiger partial charge >= 0.3 is 0 Å². The Morgan fingerprint density at radius 3 is 2.67 bits per heavy atom. The van der Waals surface area contributed by atoms with Crippen molar-refractivity contribution in [3.8, 4) is 17.1 Å². The molecule has 2 N–H and O–H groups in total. The van der Waals surface area contributed by atoms with Gasteiger partial charge in [0.25, 0.3) is 0 Å². The fraction of sp³-hybridized carbons (Fsp3) is 0. The monoisotopic (exact) mass is 276 g/mol. The minimum Gasteiger partial charge on any atom is -0.463 e. The number of nitrogen functional groups attached to an aromatic ring is 1. The summed E-state index contributed by atoms with van der Waals surface area (Å²) in [7, 11) is 0. The molecule has 4 aromatic rings. The molecule has 0 atom stereocenters. The second kappa shape index (κ2) is 4.49. The summed E-state index contributed by atoms with van der Waals surface area (Å²) in [5.74, 6) is 1.07. The molecule has 21 heavy (non-hydrogen) atoms. The number of fused-ring (bicyclic) bond motifs is 1. The average molecular weight is 276 g/mol. The van der Waals surface area contributed by atoms with Gasteiger partial charge in [-0.1, -0.05) is 41.6 Å². The van der Waals surface area contributed by atoms with E-state index in [1.165, 1.54) is 0 Å². The molecule has 0 radical (unpaired) electrons. The number of aromatic nitrogens is 3. The van der Waals surface area contributed by atoms with Crippen molar-refractivity contribution in [1.82, 2.24) is 15.0 Å². The van der Waals surface area contributed by atoms with Crippen LogP contribution in [0.5, 0.6) is 0 Å². The number of nitrogens with zero attached hydrogens (tertiary/aromatic N) is 3. The second-order valence-corrected chi connectivity index (χ2v) is 4.71. The first-order chi connectivity index (χ1) is 10.3. The summed E-state index contributed by atoms with van der Waals surface area (Å²) in [6, 6.07) is 17.7. The van der Waals surface area contributed by atoms with Crippen molar-refractivity contribution < 1.29 is 4.42 Å². The summed E-state index contributed by atoms with van der Waals surface area (Å²) in [5.41, 5.74) is 7.64. The van der Waals surface area contributed by atoms with Crippen LogP contribution in [-0.4, -0.2) is 15.0 Å². The molecule has 102 valence electrons. The fourth-order valence-electron chi connectivity index (χ4n) is 2.45. The van der Waals surface area contributed by atoms with Crippen LogP contribution in [0.2, 0.25) is 0 Å². The predicted octanol–water partition coefficient (Wildman–Crippen LogP) is 3.26. The standard InChI is InChI=1S/C16H12N4O/c17-16-15(14-9-4-10-21-14)18-19-20(16)13-8-3-6-11-5-1-2-7-12(11)13/h1-10H,17H2. The van der Waals surface area contributed by atoms with Gasteiger partial charge in [-0.3, -0.25) is 0 Å². The Balaban J connectivity index is 1.94.